The fraction of sp³-hybridized carbons (Fsp3) is 0.269. The van der Waals surface area contributed by atoms with E-state index in [1.165, 1.54) is 13.2 Å². The maximum absolute atomic E-state index is 13.6. The molecule has 1 atom stereocenters. The van der Waals surface area contributed by atoms with Crippen LogP contribution in [0.5, 0.6) is 5.75 Å². The molecule has 1 aromatic heterocycles. The zero-order chi connectivity index (χ0) is 25.0. The Morgan fingerprint density at radius 3 is 2.32 bits per heavy atom. The first-order valence-electron chi connectivity index (χ1n) is 10.7. The van der Waals surface area contributed by atoms with E-state index in [1.54, 1.807) is 50.2 Å². The number of fused-ring (bicyclic) bond motifs is 1. The Labute approximate surface area is 202 Å². The number of aromatic amines is 1. The first kappa shape index (κ1) is 25.1. The van der Waals surface area contributed by atoms with Crippen LogP contribution in [0.1, 0.15) is 60.3 Å². The lowest BCUT2D eigenvalue weighted by Gasteiger charge is -2.16. The van der Waals surface area contributed by atoms with E-state index in [1.807, 2.05) is 13.8 Å². The molecule has 34 heavy (non-hydrogen) atoms. The number of benzene rings is 2. The van der Waals surface area contributed by atoms with Crippen LogP contribution in [-0.2, 0) is 19.4 Å². The van der Waals surface area contributed by atoms with Crippen LogP contribution < -0.4 is 4.74 Å². The summed E-state index contributed by atoms with van der Waals surface area (Å²) in [7, 11) is 1.48. The second-order valence-electron chi connectivity index (χ2n) is 8.05. The lowest BCUT2D eigenvalue weighted by molar-refractivity contribution is -0.256. The van der Waals surface area contributed by atoms with Gasteiger partial charge in [-0.3, -0.25) is 4.79 Å². The summed E-state index contributed by atoms with van der Waals surface area (Å²) in [6, 6.07) is 10.0. The molecule has 0 saturated heterocycles. The minimum absolute atomic E-state index is 0.280. The molecule has 2 aromatic carbocycles. The smallest absolute Gasteiger partial charge is 0.379 e. The van der Waals surface area contributed by atoms with E-state index in [4.69, 9.17) is 21.2 Å². The monoisotopic (exact) mass is 483 g/mol. The van der Waals surface area contributed by atoms with E-state index in [0.717, 1.165) is 0 Å². The molecule has 1 unspecified atom stereocenters. The fourth-order valence-corrected chi connectivity index (χ4v) is 4.02. The highest BCUT2D eigenvalue weighted by Crippen LogP contribution is 2.39. The van der Waals surface area contributed by atoms with Crippen molar-refractivity contribution >= 4 is 40.2 Å². The van der Waals surface area contributed by atoms with Gasteiger partial charge in [-0.05, 0) is 69.2 Å². The summed E-state index contributed by atoms with van der Waals surface area (Å²) in [4.78, 5) is 51.1. The number of ether oxygens (including phenoxy) is 1. The topological polar surface area (TPSA) is 94.7 Å². The molecule has 0 aliphatic carbocycles. The number of hydrogen-bond acceptors (Lipinski definition) is 6. The largest absolute Gasteiger partial charge is 0.496 e. The Bertz CT molecular complexity index is 1270. The van der Waals surface area contributed by atoms with Crippen LogP contribution in [0.15, 0.2) is 48.0 Å². The molecule has 3 aromatic rings. The number of carbonyl (C=O) groups excluding carboxylic acids is 3. The summed E-state index contributed by atoms with van der Waals surface area (Å²) >= 11 is 5.99. The predicted octanol–water partition coefficient (Wildman–Crippen LogP) is 5.83. The number of H-pyrrole nitrogens is 1. The average molecular weight is 484 g/mol. The molecule has 0 radical (unpaired) electrons. The second kappa shape index (κ2) is 10.6. The lowest BCUT2D eigenvalue weighted by Crippen LogP contribution is -2.18. The number of halogens is 1. The summed E-state index contributed by atoms with van der Waals surface area (Å²) in [5.74, 6) is -2.23. The molecule has 7 nitrogen and oxygen atoms in total. The van der Waals surface area contributed by atoms with Crippen LogP contribution >= 0.6 is 11.6 Å². The Balaban J connectivity index is 2.12. The number of carbonyl (C=O) groups is 3. The van der Waals surface area contributed by atoms with Gasteiger partial charge in [0.05, 0.1) is 18.6 Å². The van der Waals surface area contributed by atoms with Crippen LogP contribution in [0.25, 0.3) is 10.9 Å². The van der Waals surface area contributed by atoms with Gasteiger partial charge in [-0.2, -0.15) is 0 Å². The van der Waals surface area contributed by atoms with Gasteiger partial charge in [0.1, 0.15) is 5.75 Å². The van der Waals surface area contributed by atoms with Crippen LogP contribution in [0, 0.1) is 6.92 Å². The van der Waals surface area contributed by atoms with Gasteiger partial charge in [-0.25, -0.2) is 19.4 Å². The van der Waals surface area contributed by atoms with Gasteiger partial charge >= 0.3 is 11.9 Å². The molecular weight excluding hydrogens is 458 g/mol. The first-order chi connectivity index (χ1) is 16.2. The van der Waals surface area contributed by atoms with Crippen molar-refractivity contribution in [3.05, 3.63) is 75.5 Å². The van der Waals surface area contributed by atoms with Crippen molar-refractivity contribution in [3.63, 3.8) is 0 Å². The molecule has 8 heteroatoms. The molecule has 0 bridgehead atoms. The van der Waals surface area contributed by atoms with E-state index >= 15 is 0 Å². The van der Waals surface area contributed by atoms with Crippen LogP contribution in [0.4, 0.5) is 0 Å². The molecule has 0 fully saturated rings. The van der Waals surface area contributed by atoms with Gasteiger partial charge < -0.3 is 9.72 Å². The normalized spacial score (nSPS) is 11.6. The quantitative estimate of drug-likeness (QED) is 0.196. The van der Waals surface area contributed by atoms with E-state index in [9.17, 15) is 14.4 Å². The van der Waals surface area contributed by atoms with Crippen molar-refractivity contribution in [2.75, 3.05) is 7.11 Å². The highest BCUT2D eigenvalue weighted by atomic mass is 35.5. The van der Waals surface area contributed by atoms with E-state index < -0.39 is 17.9 Å². The third-order valence-electron chi connectivity index (χ3n) is 5.37. The number of hydrogen-bond donors (Lipinski definition) is 1. The number of aryl methyl sites for hydroxylation is 1. The molecule has 0 aliphatic rings. The number of methoxy groups -OCH3 is 1. The number of ketones is 1. The van der Waals surface area contributed by atoms with Crippen molar-refractivity contribution in [1.82, 2.24) is 4.98 Å². The van der Waals surface area contributed by atoms with Crippen molar-refractivity contribution in [1.29, 1.82) is 0 Å². The molecule has 3 rings (SSSR count). The SMILES string of the molecule is CCC(C(=O)OOC(=O)C=C(C)C)c1c(C)[nH]c2ccc(OC)c(C(=O)c3ccc(Cl)cc3)c12. The zero-order valence-electron chi connectivity index (χ0n) is 19.7. The summed E-state index contributed by atoms with van der Waals surface area (Å²) in [6.45, 7) is 7.06. The second-order valence-corrected chi connectivity index (χ2v) is 8.49. The molecule has 1 N–H and O–H groups in total. The van der Waals surface area contributed by atoms with Crippen LogP contribution in [0.3, 0.4) is 0 Å². The van der Waals surface area contributed by atoms with Gasteiger partial charge in [-0.1, -0.05) is 24.1 Å². The number of nitrogens with one attached hydrogen (secondary N) is 1. The highest BCUT2D eigenvalue weighted by molar-refractivity contribution is 6.30. The lowest BCUT2D eigenvalue weighted by atomic mass is 9.89. The molecule has 0 spiro atoms. The van der Waals surface area contributed by atoms with E-state index in [0.29, 0.717) is 56.1 Å². The van der Waals surface area contributed by atoms with Gasteiger partial charge in [-0.15, -0.1) is 0 Å². The Morgan fingerprint density at radius 1 is 1.06 bits per heavy atom. The van der Waals surface area contributed by atoms with Crippen LogP contribution in [-0.4, -0.2) is 29.8 Å². The molecule has 0 aliphatic heterocycles. The van der Waals surface area contributed by atoms with E-state index in [-0.39, 0.29) is 5.78 Å². The number of aromatic nitrogens is 1. The minimum atomic E-state index is -0.794. The van der Waals surface area contributed by atoms with Crippen molar-refractivity contribution in [2.24, 2.45) is 0 Å². The van der Waals surface area contributed by atoms with E-state index in [2.05, 4.69) is 9.87 Å². The molecule has 178 valence electrons. The zero-order valence-corrected chi connectivity index (χ0v) is 20.4. The summed E-state index contributed by atoms with van der Waals surface area (Å²) in [5.41, 5.74) is 3.38. The molecule has 0 saturated carbocycles. The molecule has 1 heterocycles. The molecule has 0 amide bonds. The van der Waals surface area contributed by atoms with Crippen molar-refractivity contribution in [3.8, 4) is 5.75 Å². The Kier molecular flexibility index (Phi) is 7.79. The Morgan fingerprint density at radius 2 is 1.74 bits per heavy atom. The summed E-state index contributed by atoms with van der Waals surface area (Å²) < 4.78 is 5.52. The summed E-state index contributed by atoms with van der Waals surface area (Å²) in [5, 5.41) is 1.06. The number of allylic oxidation sites excluding steroid dienone is 1. The van der Waals surface area contributed by atoms with Gasteiger partial charge in [0, 0.05) is 33.3 Å². The Hall–Kier alpha value is -3.58. The molecular formula is C26H26ClNO6. The third-order valence-corrected chi connectivity index (χ3v) is 5.62. The predicted molar refractivity (Wildman–Crippen MR) is 129 cm³/mol. The van der Waals surface area contributed by atoms with Crippen molar-refractivity contribution < 1.29 is 28.9 Å². The maximum Gasteiger partial charge on any atom is 0.379 e. The number of rotatable bonds is 7. The summed E-state index contributed by atoms with van der Waals surface area (Å²) in [6.07, 6.45) is 1.57. The van der Waals surface area contributed by atoms with Gasteiger partial charge in [0.2, 0.25) is 0 Å². The van der Waals surface area contributed by atoms with Crippen molar-refractivity contribution in [2.45, 2.75) is 40.0 Å². The third kappa shape index (κ3) is 5.15. The fourth-order valence-electron chi connectivity index (χ4n) is 3.89. The first-order valence-corrected chi connectivity index (χ1v) is 11.1. The van der Waals surface area contributed by atoms with Gasteiger partial charge in [0.25, 0.3) is 0 Å². The highest BCUT2D eigenvalue weighted by Gasteiger charge is 2.31. The average Bonchev–Trinajstić information content (AvgIpc) is 3.13. The standard InChI is InChI=1S/C26H26ClNO6/c1-6-18(26(31)34-33-21(29)13-14(2)3)22-15(4)28-19-11-12-20(32-5)24(23(19)22)25(30)16-7-9-17(27)10-8-16/h7-13,18,28H,6H2,1-5H3. The van der Waals surface area contributed by atoms with Gasteiger partial charge in [0.15, 0.2) is 5.78 Å². The maximum atomic E-state index is 13.6. The van der Waals surface area contributed by atoms with Crippen LogP contribution in [0.2, 0.25) is 5.02 Å². The minimum Gasteiger partial charge on any atom is -0.496 e.